The molecule has 90 valence electrons. The molecule has 0 spiro atoms. The Hall–Kier alpha value is -0.580. The maximum absolute atomic E-state index is 11.4. The van der Waals surface area contributed by atoms with Crippen molar-refractivity contribution in [2.24, 2.45) is 0 Å². The van der Waals surface area contributed by atoms with E-state index in [4.69, 9.17) is 11.6 Å². The molecule has 0 aliphatic carbocycles. The predicted molar refractivity (Wildman–Crippen MR) is 66.9 cm³/mol. The highest BCUT2D eigenvalue weighted by Crippen LogP contribution is 2.10. The van der Waals surface area contributed by atoms with Crippen LogP contribution in [0.4, 0.5) is 0 Å². The lowest BCUT2D eigenvalue weighted by atomic mass is 10.1. The third-order valence-electron chi connectivity index (χ3n) is 2.45. The van der Waals surface area contributed by atoms with E-state index in [0.29, 0.717) is 6.54 Å². The number of sulfonamides is 1. The third-order valence-corrected chi connectivity index (χ3v) is 4.63. The monoisotopic (exact) mass is 261 g/mol. The number of aryl methyl sites for hydroxylation is 1. The molecule has 0 bridgehead atoms. The van der Waals surface area contributed by atoms with Crippen molar-refractivity contribution in [2.75, 3.05) is 12.3 Å². The van der Waals surface area contributed by atoms with E-state index in [1.54, 1.807) is 0 Å². The van der Waals surface area contributed by atoms with Crippen molar-refractivity contribution in [3.8, 4) is 0 Å². The third kappa shape index (κ3) is 3.47. The molecular formula is C11H16ClNO2S. The Morgan fingerprint density at radius 3 is 2.12 bits per heavy atom. The molecule has 1 aromatic carbocycles. The standard InChI is InChI=1S/C11H16ClNO2S/c1-3-10-4-6-11(7-5-10)8-13(2)16(14,15)9-12/h4-7H,3,8-9H2,1-2H3. The second-order valence-corrected chi connectivity index (χ2v) is 6.31. The van der Waals surface area contributed by atoms with Crippen LogP contribution in [0.3, 0.4) is 0 Å². The smallest absolute Gasteiger partial charge is 0.211 e. The number of alkyl halides is 1. The lowest BCUT2D eigenvalue weighted by Crippen LogP contribution is -2.27. The molecule has 0 saturated heterocycles. The largest absolute Gasteiger partial charge is 0.228 e. The Bertz CT molecular complexity index is 428. The summed E-state index contributed by atoms with van der Waals surface area (Å²) in [6.45, 7) is 2.44. The summed E-state index contributed by atoms with van der Waals surface area (Å²) >= 11 is 5.37. The molecule has 0 N–H and O–H groups in total. The first-order valence-corrected chi connectivity index (χ1v) is 7.21. The summed E-state index contributed by atoms with van der Waals surface area (Å²) in [7, 11) is -1.78. The lowest BCUT2D eigenvalue weighted by Gasteiger charge is -2.15. The van der Waals surface area contributed by atoms with Crippen LogP contribution in [0.2, 0.25) is 0 Å². The fraction of sp³-hybridized carbons (Fsp3) is 0.455. The van der Waals surface area contributed by atoms with Gasteiger partial charge in [0.1, 0.15) is 5.21 Å². The van der Waals surface area contributed by atoms with Gasteiger partial charge in [0, 0.05) is 13.6 Å². The maximum Gasteiger partial charge on any atom is 0.228 e. The zero-order valence-electron chi connectivity index (χ0n) is 9.48. The van der Waals surface area contributed by atoms with Gasteiger partial charge in [0.15, 0.2) is 0 Å². The first-order chi connectivity index (χ1) is 7.49. The highest BCUT2D eigenvalue weighted by Gasteiger charge is 2.15. The molecule has 0 unspecified atom stereocenters. The van der Waals surface area contributed by atoms with Gasteiger partial charge in [-0.15, -0.1) is 11.6 Å². The Labute approximate surface area is 102 Å². The minimum Gasteiger partial charge on any atom is -0.211 e. The molecule has 0 aliphatic heterocycles. The number of hydrogen-bond donors (Lipinski definition) is 0. The average molecular weight is 262 g/mol. The SMILES string of the molecule is CCc1ccc(CN(C)S(=O)(=O)CCl)cc1. The van der Waals surface area contributed by atoms with E-state index in [1.165, 1.54) is 16.9 Å². The topological polar surface area (TPSA) is 37.4 Å². The summed E-state index contributed by atoms with van der Waals surface area (Å²) in [4.78, 5) is 0. The molecule has 0 saturated carbocycles. The van der Waals surface area contributed by atoms with E-state index in [2.05, 4.69) is 6.92 Å². The van der Waals surface area contributed by atoms with E-state index < -0.39 is 10.0 Å². The van der Waals surface area contributed by atoms with Crippen molar-refractivity contribution in [3.05, 3.63) is 35.4 Å². The average Bonchev–Trinajstić information content (AvgIpc) is 2.30. The minimum atomic E-state index is -3.31. The minimum absolute atomic E-state index is 0.360. The van der Waals surface area contributed by atoms with Gasteiger partial charge in [-0.1, -0.05) is 31.2 Å². The van der Waals surface area contributed by atoms with Crippen LogP contribution in [0.1, 0.15) is 18.1 Å². The first-order valence-electron chi connectivity index (χ1n) is 5.07. The number of nitrogens with zero attached hydrogens (tertiary/aromatic N) is 1. The zero-order valence-corrected chi connectivity index (χ0v) is 11.1. The summed E-state index contributed by atoms with van der Waals surface area (Å²) in [6, 6.07) is 7.91. The van der Waals surface area contributed by atoms with Crippen molar-refractivity contribution in [1.82, 2.24) is 4.31 Å². The highest BCUT2D eigenvalue weighted by molar-refractivity contribution is 7.90. The van der Waals surface area contributed by atoms with E-state index in [9.17, 15) is 8.42 Å². The Kier molecular flexibility index (Phi) is 4.77. The molecule has 0 amide bonds. The van der Waals surface area contributed by atoms with Gasteiger partial charge in [-0.2, -0.15) is 4.31 Å². The second kappa shape index (κ2) is 5.66. The van der Waals surface area contributed by atoms with Gasteiger partial charge in [-0.05, 0) is 17.5 Å². The normalized spacial score (nSPS) is 12.0. The van der Waals surface area contributed by atoms with Crippen molar-refractivity contribution in [3.63, 3.8) is 0 Å². The quantitative estimate of drug-likeness (QED) is 0.762. The van der Waals surface area contributed by atoms with Crippen LogP contribution >= 0.6 is 11.6 Å². The maximum atomic E-state index is 11.4. The summed E-state index contributed by atoms with van der Waals surface area (Å²) in [5.74, 6) is 0. The molecule has 3 nitrogen and oxygen atoms in total. The first kappa shape index (κ1) is 13.5. The van der Waals surface area contributed by atoms with Gasteiger partial charge in [0.2, 0.25) is 10.0 Å². The summed E-state index contributed by atoms with van der Waals surface area (Å²) in [6.07, 6.45) is 0.982. The second-order valence-electron chi connectivity index (χ2n) is 3.65. The van der Waals surface area contributed by atoms with E-state index >= 15 is 0 Å². The van der Waals surface area contributed by atoms with Crippen LogP contribution in [-0.4, -0.2) is 25.0 Å². The van der Waals surface area contributed by atoms with Gasteiger partial charge in [-0.25, -0.2) is 8.42 Å². The van der Waals surface area contributed by atoms with Crippen molar-refractivity contribution >= 4 is 21.6 Å². The van der Waals surface area contributed by atoms with Crippen LogP contribution in [0.25, 0.3) is 0 Å². The number of halogens is 1. The van der Waals surface area contributed by atoms with Crippen LogP contribution in [-0.2, 0) is 23.0 Å². The molecule has 5 heteroatoms. The van der Waals surface area contributed by atoms with Crippen LogP contribution in [0, 0.1) is 0 Å². The number of rotatable bonds is 5. The van der Waals surface area contributed by atoms with Gasteiger partial charge in [0.05, 0.1) is 0 Å². The van der Waals surface area contributed by atoms with Crippen molar-refractivity contribution in [1.29, 1.82) is 0 Å². The Balaban J connectivity index is 2.74. The van der Waals surface area contributed by atoms with Gasteiger partial charge >= 0.3 is 0 Å². The van der Waals surface area contributed by atoms with Gasteiger partial charge in [-0.3, -0.25) is 0 Å². The summed E-state index contributed by atoms with van der Waals surface area (Å²) < 4.78 is 24.1. The molecule has 16 heavy (non-hydrogen) atoms. The van der Waals surface area contributed by atoms with Crippen LogP contribution < -0.4 is 0 Å². The lowest BCUT2D eigenvalue weighted by molar-refractivity contribution is 0.471. The van der Waals surface area contributed by atoms with Crippen molar-refractivity contribution in [2.45, 2.75) is 19.9 Å². The molecule has 1 rings (SSSR count). The van der Waals surface area contributed by atoms with E-state index in [0.717, 1.165) is 12.0 Å². The van der Waals surface area contributed by atoms with Crippen molar-refractivity contribution < 1.29 is 8.42 Å². The molecule has 0 atom stereocenters. The Morgan fingerprint density at radius 1 is 1.19 bits per heavy atom. The predicted octanol–water partition coefficient (Wildman–Crippen LogP) is 2.21. The van der Waals surface area contributed by atoms with Crippen LogP contribution in [0.5, 0.6) is 0 Å². The fourth-order valence-corrected chi connectivity index (χ4v) is 2.33. The molecular weight excluding hydrogens is 246 g/mol. The molecule has 0 fully saturated rings. The molecule has 1 aromatic rings. The van der Waals surface area contributed by atoms with E-state index in [-0.39, 0.29) is 5.21 Å². The van der Waals surface area contributed by atoms with Gasteiger partial charge < -0.3 is 0 Å². The molecule has 0 heterocycles. The highest BCUT2D eigenvalue weighted by atomic mass is 35.5. The molecule has 0 radical (unpaired) electrons. The Morgan fingerprint density at radius 2 is 1.69 bits per heavy atom. The molecule has 0 aliphatic rings. The van der Waals surface area contributed by atoms with E-state index in [1.807, 2.05) is 24.3 Å². The summed E-state index contributed by atoms with van der Waals surface area (Å²) in [5, 5.41) is -0.378. The number of hydrogen-bond acceptors (Lipinski definition) is 2. The molecule has 0 aromatic heterocycles. The van der Waals surface area contributed by atoms with Gasteiger partial charge in [0.25, 0.3) is 0 Å². The fourth-order valence-electron chi connectivity index (χ4n) is 1.32. The summed E-state index contributed by atoms with van der Waals surface area (Å²) in [5.41, 5.74) is 2.21. The van der Waals surface area contributed by atoms with Crippen LogP contribution in [0.15, 0.2) is 24.3 Å². The zero-order chi connectivity index (χ0) is 12.2. The number of benzene rings is 1.